The predicted molar refractivity (Wildman–Crippen MR) is 126 cm³/mol. The Morgan fingerprint density at radius 3 is 1.94 bits per heavy atom. The minimum Gasteiger partial charge on any atom is -0.481 e. The predicted octanol–water partition coefficient (Wildman–Crippen LogP) is 3.61. The quantitative estimate of drug-likeness (QED) is 0.585. The minimum atomic E-state index is -1.48. The van der Waals surface area contributed by atoms with Crippen molar-refractivity contribution in [1.82, 2.24) is 5.32 Å². The molecule has 1 heterocycles. The number of hydrogen-bond acceptors (Lipinski definition) is 4. The highest BCUT2D eigenvalue weighted by atomic mass is 19.1. The molecule has 1 aliphatic rings. The number of nitrogens with one attached hydrogen (secondary N) is 1. The first kappa shape index (κ1) is 25.1. The molecule has 2 aromatic carbocycles. The Balaban J connectivity index is 1.89. The number of aryl methyl sites for hydroxylation is 2. The molecular weight excluding hydrogens is 439 g/mol. The maximum absolute atomic E-state index is 13.7. The Bertz CT molecular complexity index is 1040. The third-order valence-electron chi connectivity index (χ3n) is 6.13. The molecule has 1 aliphatic heterocycles. The number of carbonyl (C=O) groups excluding carboxylic acids is 3. The van der Waals surface area contributed by atoms with Crippen LogP contribution in [0.15, 0.2) is 48.5 Å². The van der Waals surface area contributed by atoms with E-state index in [2.05, 4.69) is 5.32 Å². The number of hydrogen-bond donors (Lipinski definition) is 2. The van der Waals surface area contributed by atoms with Gasteiger partial charge < -0.3 is 10.4 Å². The van der Waals surface area contributed by atoms with Crippen LogP contribution in [0.2, 0.25) is 0 Å². The van der Waals surface area contributed by atoms with E-state index in [-0.39, 0.29) is 18.2 Å². The number of aliphatic carboxylic acids is 1. The number of alkyl halides is 1. The van der Waals surface area contributed by atoms with E-state index in [4.69, 9.17) is 5.11 Å². The standard InChI is InChI=1S/C26H29FN2O5/c1-16(2)19(26(34)28-20(14-25(32)33)23(30)15-27)13-24(31)29-21-9-5-3-7-17(21)11-12-18-8-4-6-10-22(18)29/h3-10,16,19-20H,11-15H2,1-2H3,(H,28,34)(H,32,33)/t19-,20?/m0/s1. The first-order valence-corrected chi connectivity index (χ1v) is 11.3. The van der Waals surface area contributed by atoms with Crippen molar-refractivity contribution in [1.29, 1.82) is 0 Å². The van der Waals surface area contributed by atoms with Crippen LogP contribution in [0.25, 0.3) is 0 Å². The molecule has 0 bridgehead atoms. The number of para-hydroxylation sites is 2. The van der Waals surface area contributed by atoms with Crippen molar-refractivity contribution in [2.75, 3.05) is 11.6 Å². The number of anilines is 2. The molecular formula is C26H29FN2O5. The van der Waals surface area contributed by atoms with Gasteiger partial charge in [0.1, 0.15) is 12.7 Å². The first-order valence-electron chi connectivity index (χ1n) is 11.3. The van der Waals surface area contributed by atoms with E-state index < -0.39 is 42.7 Å². The second-order valence-electron chi connectivity index (χ2n) is 8.80. The van der Waals surface area contributed by atoms with Crippen LogP contribution in [0.5, 0.6) is 0 Å². The zero-order valence-electron chi connectivity index (χ0n) is 19.3. The number of carboxylic acids is 1. The van der Waals surface area contributed by atoms with Crippen LogP contribution < -0.4 is 10.2 Å². The van der Waals surface area contributed by atoms with Gasteiger partial charge in [0.15, 0.2) is 5.78 Å². The molecule has 2 N–H and O–H groups in total. The summed E-state index contributed by atoms with van der Waals surface area (Å²) in [5.41, 5.74) is 3.56. The number of benzene rings is 2. The normalized spacial score (nSPS) is 14.4. The van der Waals surface area contributed by atoms with Gasteiger partial charge in [0.05, 0.1) is 17.8 Å². The summed E-state index contributed by atoms with van der Waals surface area (Å²) in [6.07, 6.45) is 0.663. The van der Waals surface area contributed by atoms with Gasteiger partial charge in [0, 0.05) is 12.3 Å². The van der Waals surface area contributed by atoms with E-state index in [1.165, 1.54) is 0 Å². The average Bonchev–Trinajstić information content (AvgIpc) is 2.97. The lowest BCUT2D eigenvalue weighted by molar-refractivity contribution is -0.141. The van der Waals surface area contributed by atoms with Gasteiger partial charge in [-0.05, 0) is 42.0 Å². The van der Waals surface area contributed by atoms with Crippen molar-refractivity contribution in [3.05, 3.63) is 59.7 Å². The Morgan fingerprint density at radius 1 is 0.941 bits per heavy atom. The van der Waals surface area contributed by atoms with Crippen LogP contribution in [0, 0.1) is 11.8 Å². The average molecular weight is 469 g/mol. The summed E-state index contributed by atoms with van der Waals surface area (Å²) in [6.45, 7) is 2.15. The molecule has 0 saturated heterocycles. The number of carboxylic acid groups (broad SMARTS) is 1. The molecule has 0 saturated carbocycles. The zero-order chi connectivity index (χ0) is 24.8. The summed E-state index contributed by atoms with van der Waals surface area (Å²) in [5.74, 6) is -4.40. The van der Waals surface area contributed by atoms with Gasteiger partial charge >= 0.3 is 5.97 Å². The largest absolute Gasteiger partial charge is 0.481 e. The number of halogens is 1. The highest BCUT2D eigenvalue weighted by Gasteiger charge is 2.33. The number of carbonyl (C=O) groups is 4. The molecule has 8 heteroatoms. The zero-order valence-corrected chi connectivity index (χ0v) is 19.3. The SMILES string of the molecule is CC(C)[C@H](CC(=O)N1c2ccccc2CCc2ccccc21)C(=O)NC(CC(=O)O)C(=O)CF. The van der Waals surface area contributed by atoms with Crippen LogP contribution in [-0.2, 0) is 32.0 Å². The molecule has 1 unspecified atom stereocenters. The van der Waals surface area contributed by atoms with E-state index in [1.807, 2.05) is 48.5 Å². The smallest absolute Gasteiger partial charge is 0.305 e. The lowest BCUT2D eigenvalue weighted by Crippen LogP contribution is -2.47. The molecule has 0 aromatic heterocycles. The highest BCUT2D eigenvalue weighted by Crippen LogP contribution is 2.37. The second-order valence-corrected chi connectivity index (χ2v) is 8.80. The summed E-state index contributed by atoms with van der Waals surface area (Å²) < 4.78 is 12.9. The molecule has 2 aromatic rings. The van der Waals surface area contributed by atoms with E-state index in [1.54, 1.807) is 18.7 Å². The van der Waals surface area contributed by atoms with Gasteiger partial charge in [-0.25, -0.2) is 4.39 Å². The molecule has 0 aliphatic carbocycles. The van der Waals surface area contributed by atoms with Crippen LogP contribution in [0.1, 0.15) is 37.8 Å². The second kappa shape index (κ2) is 11.0. The Kier molecular flexibility index (Phi) is 8.15. The summed E-state index contributed by atoms with van der Waals surface area (Å²) >= 11 is 0. The fourth-order valence-electron chi connectivity index (χ4n) is 4.25. The third kappa shape index (κ3) is 5.68. The van der Waals surface area contributed by atoms with Crippen molar-refractivity contribution in [2.45, 2.75) is 45.6 Å². The van der Waals surface area contributed by atoms with Crippen molar-refractivity contribution >= 4 is 34.9 Å². The summed E-state index contributed by atoms with van der Waals surface area (Å²) in [4.78, 5) is 51.2. The Hall–Kier alpha value is -3.55. The number of ketones is 1. The van der Waals surface area contributed by atoms with Gasteiger partial charge in [-0.3, -0.25) is 24.1 Å². The number of amides is 2. The number of nitrogens with zero attached hydrogens (tertiary/aromatic N) is 1. The summed E-state index contributed by atoms with van der Waals surface area (Å²) in [5, 5.41) is 11.4. The first-order chi connectivity index (χ1) is 16.2. The lowest BCUT2D eigenvalue weighted by atomic mass is 9.90. The van der Waals surface area contributed by atoms with Gasteiger partial charge in [-0.1, -0.05) is 50.2 Å². The van der Waals surface area contributed by atoms with Crippen molar-refractivity contribution in [2.24, 2.45) is 11.8 Å². The maximum Gasteiger partial charge on any atom is 0.305 e. The van der Waals surface area contributed by atoms with E-state index in [0.29, 0.717) is 0 Å². The molecule has 0 spiro atoms. The number of rotatable bonds is 9. The molecule has 2 amide bonds. The van der Waals surface area contributed by atoms with Gasteiger partial charge in [0.2, 0.25) is 11.8 Å². The van der Waals surface area contributed by atoms with Crippen molar-refractivity contribution in [3.63, 3.8) is 0 Å². The van der Waals surface area contributed by atoms with Crippen LogP contribution in [0.3, 0.4) is 0 Å². The Morgan fingerprint density at radius 2 is 1.47 bits per heavy atom. The van der Waals surface area contributed by atoms with Crippen LogP contribution >= 0.6 is 0 Å². The van der Waals surface area contributed by atoms with Crippen molar-refractivity contribution < 1.29 is 28.7 Å². The maximum atomic E-state index is 13.7. The van der Waals surface area contributed by atoms with Crippen molar-refractivity contribution in [3.8, 4) is 0 Å². The molecule has 0 fully saturated rings. The van der Waals surface area contributed by atoms with E-state index >= 15 is 0 Å². The molecule has 180 valence electrons. The molecule has 0 radical (unpaired) electrons. The fraction of sp³-hybridized carbons (Fsp3) is 0.385. The molecule has 34 heavy (non-hydrogen) atoms. The summed E-state index contributed by atoms with van der Waals surface area (Å²) in [6, 6.07) is 13.8. The molecule has 2 atom stereocenters. The molecule has 3 rings (SSSR count). The fourth-order valence-corrected chi connectivity index (χ4v) is 4.25. The van der Waals surface area contributed by atoms with Gasteiger partial charge in [-0.2, -0.15) is 0 Å². The topological polar surface area (TPSA) is 104 Å². The minimum absolute atomic E-state index is 0.157. The molecule has 7 nitrogen and oxygen atoms in total. The number of Topliss-reactive ketones (excluding diaryl/α,β-unsaturated/α-hetero) is 1. The monoisotopic (exact) mass is 468 g/mol. The lowest BCUT2D eigenvalue weighted by Gasteiger charge is -2.28. The van der Waals surface area contributed by atoms with E-state index in [9.17, 15) is 23.6 Å². The van der Waals surface area contributed by atoms with E-state index in [0.717, 1.165) is 35.3 Å². The van der Waals surface area contributed by atoms with Crippen LogP contribution in [0.4, 0.5) is 15.8 Å². The van der Waals surface area contributed by atoms with Gasteiger partial charge in [-0.15, -0.1) is 0 Å². The highest BCUT2D eigenvalue weighted by molar-refractivity contribution is 6.04. The Labute approximate surface area is 198 Å². The van der Waals surface area contributed by atoms with Crippen LogP contribution in [-0.4, -0.2) is 41.4 Å². The third-order valence-corrected chi connectivity index (χ3v) is 6.13. The van der Waals surface area contributed by atoms with Gasteiger partial charge in [0.25, 0.3) is 0 Å². The summed E-state index contributed by atoms with van der Waals surface area (Å²) in [7, 11) is 0. The number of fused-ring (bicyclic) bond motifs is 2.